The smallest absolute Gasteiger partial charge is 0.260 e. The largest absolute Gasteiger partial charge is 0.493 e. The summed E-state index contributed by atoms with van der Waals surface area (Å²) >= 11 is 0. The third-order valence-corrected chi connectivity index (χ3v) is 5.80. The van der Waals surface area contributed by atoms with Crippen molar-refractivity contribution in [3.8, 4) is 5.75 Å². The highest BCUT2D eigenvalue weighted by molar-refractivity contribution is 6.06. The van der Waals surface area contributed by atoms with Gasteiger partial charge in [-0.1, -0.05) is 13.3 Å². The normalized spacial score (nSPS) is 16.1. The number of carbonyl (C=O) groups excluding carboxylic acids is 1. The van der Waals surface area contributed by atoms with Gasteiger partial charge in [0.05, 0.1) is 17.9 Å². The lowest BCUT2D eigenvalue weighted by atomic mass is 10.1. The van der Waals surface area contributed by atoms with E-state index in [1.54, 1.807) is 18.2 Å². The van der Waals surface area contributed by atoms with Gasteiger partial charge in [0.25, 0.3) is 5.91 Å². The van der Waals surface area contributed by atoms with E-state index in [1.807, 2.05) is 25.9 Å². The Bertz CT molecular complexity index is 920. The summed E-state index contributed by atoms with van der Waals surface area (Å²) in [6.45, 7) is 4.09. The Balaban J connectivity index is 1.72. The van der Waals surface area contributed by atoms with Crippen LogP contribution in [-0.2, 0) is 0 Å². The van der Waals surface area contributed by atoms with Gasteiger partial charge >= 0.3 is 0 Å². The molecule has 1 fully saturated rings. The van der Waals surface area contributed by atoms with Crippen LogP contribution in [0.15, 0.2) is 36.4 Å². The van der Waals surface area contributed by atoms with Crippen LogP contribution in [0, 0.1) is 11.6 Å². The summed E-state index contributed by atoms with van der Waals surface area (Å²) in [7, 11) is 5.56. The zero-order valence-electron chi connectivity index (χ0n) is 18.7. The molecule has 1 atom stereocenters. The van der Waals surface area contributed by atoms with Crippen LogP contribution in [0.2, 0.25) is 0 Å². The van der Waals surface area contributed by atoms with E-state index in [4.69, 9.17) is 4.74 Å². The van der Waals surface area contributed by atoms with Gasteiger partial charge in [0.1, 0.15) is 17.4 Å². The molecule has 168 valence electrons. The van der Waals surface area contributed by atoms with E-state index in [-0.39, 0.29) is 5.56 Å². The number of rotatable bonds is 8. The molecule has 1 aliphatic heterocycles. The molecule has 2 aromatic rings. The highest BCUT2D eigenvalue weighted by atomic mass is 19.1. The standard InChI is InChI=1S/C24H31F2N3O2/c1-5-6-13-31-19-8-9-20(21(25)15-19)24(30)28(4)17-7-10-23(22(26)14-17)29-12-11-18(16-29)27(2)3/h7-10,14-15,18H,5-6,11-13,16H2,1-4H3. The van der Waals surface area contributed by atoms with E-state index in [0.717, 1.165) is 32.4 Å². The molecule has 2 aromatic carbocycles. The van der Waals surface area contributed by atoms with E-state index in [9.17, 15) is 13.6 Å². The molecule has 0 aromatic heterocycles. The van der Waals surface area contributed by atoms with Crippen molar-refractivity contribution in [2.24, 2.45) is 0 Å². The van der Waals surface area contributed by atoms with Crippen LogP contribution in [0.1, 0.15) is 36.5 Å². The van der Waals surface area contributed by atoms with Crippen molar-refractivity contribution in [3.63, 3.8) is 0 Å². The molecule has 7 heteroatoms. The first-order valence-electron chi connectivity index (χ1n) is 10.7. The lowest BCUT2D eigenvalue weighted by Gasteiger charge is -2.24. The number of likely N-dealkylation sites (N-methyl/N-ethyl adjacent to an activating group) is 1. The first-order chi connectivity index (χ1) is 14.8. The van der Waals surface area contributed by atoms with Crippen molar-refractivity contribution >= 4 is 17.3 Å². The van der Waals surface area contributed by atoms with Crippen molar-refractivity contribution in [1.82, 2.24) is 4.90 Å². The van der Waals surface area contributed by atoms with Crippen LogP contribution in [0.4, 0.5) is 20.2 Å². The minimum atomic E-state index is -0.658. The second-order valence-corrected chi connectivity index (χ2v) is 8.20. The summed E-state index contributed by atoms with van der Waals surface area (Å²) in [5.41, 5.74) is 0.814. The first-order valence-corrected chi connectivity index (χ1v) is 10.7. The van der Waals surface area contributed by atoms with Gasteiger partial charge in [0.15, 0.2) is 0 Å². The summed E-state index contributed by atoms with van der Waals surface area (Å²) in [6, 6.07) is 9.31. The molecule has 31 heavy (non-hydrogen) atoms. The molecule has 1 unspecified atom stereocenters. The van der Waals surface area contributed by atoms with E-state index < -0.39 is 17.5 Å². The third kappa shape index (κ3) is 5.34. The lowest BCUT2D eigenvalue weighted by Crippen LogP contribution is -2.31. The first kappa shape index (κ1) is 23.0. The maximum Gasteiger partial charge on any atom is 0.260 e. The quantitative estimate of drug-likeness (QED) is 0.574. The van der Waals surface area contributed by atoms with Gasteiger partial charge in [-0.15, -0.1) is 0 Å². The van der Waals surface area contributed by atoms with Gasteiger partial charge in [-0.25, -0.2) is 8.78 Å². The SMILES string of the molecule is CCCCOc1ccc(C(=O)N(C)c2ccc(N3CCC(N(C)C)C3)c(F)c2)c(F)c1. The Kier molecular flexibility index (Phi) is 7.49. The summed E-state index contributed by atoms with van der Waals surface area (Å²) in [4.78, 5) is 18.2. The fourth-order valence-corrected chi connectivity index (χ4v) is 3.73. The molecule has 0 radical (unpaired) electrons. The van der Waals surface area contributed by atoms with Gasteiger partial charge in [0, 0.05) is 37.9 Å². The van der Waals surface area contributed by atoms with Crippen LogP contribution < -0.4 is 14.5 Å². The number of unbranched alkanes of at least 4 members (excludes halogenated alkanes) is 1. The lowest BCUT2D eigenvalue weighted by molar-refractivity contribution is 0.0989. The van der Waals surface area contributed by atoms with Crippen molar-refractivity contribution in [2.45, 2.75) is 32.2 Å². The molecule has 0 spiro atoms. The van der Waals surface area contributed by atoms with Crippen LogP contribution in [0.5, 0.6) is 5.75 Å². The van der Waals surface area contributed by atoms with Crippen LogP contribution in [0.25, 0.3) is 0 Å². The highest BCUT2D eigenvalue weighted by Gasteiger charge is 2.26. The van der Waals surface area contributed by atoms with Gasteiger partial charge in [-0.3, -0.25) is 4.79 Å². The molecule has 5 nitrogen and oxygen atoms in total. The zero-order valence-corrected chi connectivity index (χ0v) is 18.7. The Labute approximate surface area is 183 Å². The number of carbonyl (C=O) groups is 1. The third-order valence-electron chi connectivity index (χ3n) is 5.80. The number of amides is 1. The van der Waals surface area contributed by atoms with Crippen molar-refractivity contribution in [1.29, 1.82) is 0 Å². The average molecular weight is 432 g/mol. The summed E-state index contributed by atoms with van der Waals surface area (Å²) in [5.74, 6) is -1.20. The molecule has 0 bridgehead atoms. The maximum absolute atomic E-state index is 14.9. The number of nitrogens with zero attached hydrogens (tertiary/aromatic N) is 3. The molecule has 1 saturated heterocycles. The van der Waals surface area contributed by atoms with Crippen LogP contribution in [0.3, 0.4) is 0 Å². The number of hydrogen-bond donors (Lipinski definition) is 0. The summed E-state index contributed by atoms with van der Waals surface area (Å²) in [6.07, 6.45) is 2.83. The molecule has 1 amide bonds. The predicted octanol–water partition coefficient (Wildman–Crippen LogP) is 4.56. The zero-order chi connectivity index (χ0) is 22.5. The maximum atomic E-state index is 14.9. The molecule has 3 rings (SSSR count). The van der Waals surface area contributed by atoms with E-state index in [0.29, 0.717) is 29.8 Å². The Hall–Kier alpha value is -2.67. The molecule has 0 N–H and O–H groups in total. The Morgan fingerprint density at radius 1 is 1.13 bits per heavy atom. The molecular weight excluding hydrogens is 400 g/mol. The number of ether oxygens (including phenoxy) is 1. The number of hydrogen-bond acceptors (Lipinski definition) is 4. The molecule has 1 heterocycles. The number of anilines is 2. The van der Waals surface area contributed by atoms with Crippen molar-refractivity contribution in [3.05, 3.63) is 53.6 Å². The number of halogens is 2. The van der Waals surface area contributed by atoms with Crippen LogP contribution >= 0.6 is 0 Å². The fraction of sp³-hybridized carbons (Fsp3) is 0.458. The van der Waals surface area contributed by atoms with Crippen molar-refractivity contribution in [2.75, 3.05) is 50.6 Å². The molecule has 0 aliphatic carbocycles. The highest BCUT2D eigenvalue weighted by Crippen LogP contribution is 2.29. The monoisotopic (exact) mass is 431 g/mol. The van der Waals surface area contributed by atoms with Gasteiger partial charge in [-0.2, -0.15) is 0 Å². The predicted molar refractivity (Wildman–Crippen MR) is 120 cm³/mol. The Morgan fingerprint density at radius 3 is 2.52 bits per heavy atom. The summed E-state index contributed by atoms with van der Waals surface area (Å²) in [5, 5.41) is 0. The van der Waals surface area contributed by atoms with E-state index in [1.165, 1.54) is 30.1 Å². The molecule has 1 aliphatic rings. The second-order valence-electron chi connectivity index (χ2n) is 8.20. The fourth-order valence-electron chi connectivity index (χ4n) is 3.73. The van der Waals surface area contributed by atoms with Crippen molar-refractivity contribution < 1.29 is 18.3 Å². The Morgan fingerprint density at radius 2 is 1.90 bits per heavy atom. The number of benzene rings is 2. The van der Waals surface area contributed by atoms with E-state index in [2.05, 4.69) is 4.90 Å². The average Bonchev–Trinajstić information content (AvgIpc) is 3.23. The molecule has 0 saturated carbocycles. The minimum Gasteiger partial charge on any atom is -0.493 e. The van der Waals surface area contributed by atoms with Gasteiger partial charge in [0.2, 0.25) is 0 Å². The minimum absolute atomic E-state index is 0.0804. The second kappa shape index (κ2) is 10.1. The topological polar surface area (TPSA) is 36.0 Å². The van der Waals surface area contributed by atoms with Crippen LogP contribution in [-0.4, -0.2) is 57.7 Å². The van der Waals surface area contributed by atoms with E-state index >= 15 is 0 Å². The summed E-state index contributed by atoms with van der Waals surface area (Å²) < 4.78 is 34.9. The van der Waals surface area contributed by atoms with Gasteiger partial charge < -0.3 is 19.4 Å². The molecular formula is C24H31F2N3O2. The van der Waals surface area contributed by atoms with Gasteiger partial charge in [-0.05, 0) is 57.3 Å².